The monoisotopic (exact) mass is 340 g/mol. The van der Waals surface area contributed by atoms with Gasteiger partial charge in [-0.3, -0.25) is 4.79 Å². The lowest BCUT2D eigenvalue weighted by Gasteiger charge is -2.22. The number of nitrogens with zero attached hydrogens (tertiary/aromatic N) is 2. The zero-order chi connectivity index (χ0) is 17.2. The molecule has 0 spiro atoms. The Morgan fingerprint density at radius 2 is 2.04 bits per heavy atom. The van der Waals surface area contributed by atoms with Gasteiger partial charge in [-0.1, -0.05) is 0 Å². The van der Waals surface area contributed by atoms with Crippen molar-refractivity contribution in [1.29, 1.82) is 0 Å². The lowest BCUT2D eigenvalue weighted by molar-refractivity contribution is -0.142. The average molecular weight is 340 g/mol. The maximum Gasteiger partial charge on any atom is 0.433 e. The van der Waals surface area contributed by atoms with Crippen LogP contribution in [0.3, 0.4) is 0 Å². The Bertz CT molecular complexity index is 706. The van der Waals surface area contributed by atoms with Crippen molar-refractivity contribution < 1.29 is 22.7 Å². The molecule has 0 aliphatic carbocycles. The van der Waals surface area contributed by atoms with Gasteiger partial charge in [0, 0.05) is 18.8 Å². The van der Waals surface area contributed by atoms with Gasteiger partial charge in [0.25, 0.3) is 5.91 Å². The molecule has 2 heterocycles. The van der Waals surface area contributed by atoms with E-state index in [0.717, 1.165) is 16.9 Å². The van der Waals surface area contributed by atoms with Gasteiger partial charge in [-0.25, -0.2) is 4.68 Å². The molecular formula is C15H15F3N4O2. The first-order valence-corrected chi connectivity index (χ1v) is 7.30. The molecule has 1 aliphatic rings. The summed E-state index contributed by atoms with van der Waals surface area (Å²) >= 11 is 0. The van der Waals surface area contributed by atoms with Gasteiger partial charge in [-0.15, -0.1) is 0 Å². The molecule has 24 heavy (non-hydrogen) atoms. The summed E-state index contributed by atoms with van der Waals surface area (Å²) in [6.07, 6.45) is -3.98. The standard InChI is InChI=1S/C15H15F3N4O2/c16-15(17,18)13-5-6-20-22(13)11-3-1-10(2-4-11)21-14(23)12-9-19-7-8-24-12/h1-6,12,19H,7-9H2,(H,21,23)/t12-/m1/s1. The van der Waals surface area contributed by atoms with Crippen LogP contribution in [0.15, 0.2) is 36.5 Å². The predicted molar refractivity (Wildman–Crippen MR) is 79.8 cm³/mol. The number of hydrogen-bond donors (Lipinski definition) is 2. The molecule has 1 amide bonds. The minimum absolute atomic E-state index is 0.251. The minimum Gasteiger partial charge on any atom is -0.366 e. The van der Waals surface area contributed by atoms with Crippen LogP contribution in [0.25, 0.3) is 5.69 Å². The first kappa shape index (κ1) is 16.5. The van der Waals surface area contributed by atoms with Crippen LogP contribution >= 0.6 is 0 Å². The molecule has 1 saturated heterocycles. The van der Waals surface area contributed by atoms with E-state index in [1.54, 1.807) is 0 Å². The van der Waals surface area contributed by atoms with Gasteiger partial charge < -0.3 is 15.4 Å². The van der Waals surface area contributed by atoms with Crippen molar-refractivity contribution in [1.82, 2.24) is 15.1 Å². The van der Waals surface area contributed by atoms with E-state index in [4.69, 9.17) is 4.74 Å². The summed E-state index contributed by atoms with van der Waals surface area (Å²) in [6, 6.07) is 6.86. The summed E-state index contributed by atoms with van der Waals surface area (Å²) < 4.78 is 44.8. The predicted octanol–water partition coefficient (Wildman–Crippen LogP) is 1.82. The number of carbonyl (C=O) groups is 1. The van der Waals surface area contributed by atoms with Crippen LogP contribution in [-0.4, -0.2) is 41.5 Å². The first-order chi connectivity index (χ1) is 11.4. The van der Waals surface area contributed by atoms with Crippen molar-refractivity contribution in [3.8, 4) is 5.69 Å². The van der Waals surface area contributed by atoms with Crippen molar-refractivity contribution in [3.63, 3.8) is 0 Å². The number of halogens is 3. The van der Waals surface area contributed by atoms with Crippen LogP contribution in [0.1, 0.15) is 5.69 Å². The fourth-order valence-electron chi connectivity index (χ4n) is 2.37. The highest BCUT2D eigenvalue weighted by atomic mass is 19.4. The van der Waals surface area contributed by atoms with Crippen molar-refractivity contribution in [2.45, 2.75) is 12.3 Å². The fraction of sp³-hybridized carbons (Fsp3) is 0.333. The Labute approximate surface area is 135 Å². The van der Waals surface area contributed by atoms with Crippen LogP contribution in [0.2, 0.25) is 0 Å². The maximum absolute atomic E-state index is 12.9. The van der Waals surface area contributed by atoms with Crippen molar-refractivity contribution in [2.75, 3.05) is 25.0 Å². The molecule has 2 aromatic rings. The highest BCUT2D eigenvalue weighted by molar-refractivity contribution is 5.94. The molecule has 1 fully saturated rings. The minimum atomic E-state index is -4.49. The summed E-state index contributed by atoms with van der Waals surface area (Å²) in [4.78, 5) is 12.0. The van der Waals surface area contributed by atoms with E-state index in [2.05, 4.69) is 15.7 Å². The molecule has 0 saturated carbocycles. The number of ether oxygens (including phenoxy) is 1. The second-order valence-corrected chi connectivity index (χ2v) is 5.23. The zero-order valence-electron chi connectivity index (χ0n) is 12.5. The van der Waals surface area contributed by atoms with Gasteiger partial charge in [0.2, 0.25) is 0 Å². The number of carbonyl (C=O) groups excluding carboxylic acids is 1. The SMILES string of the molecule is O=C(Nc1ccc(-n2nccc2C(F)(F)F)cc1)[C@H]1CNCCO1. The number of benzene rings is 1. The van der Waals surface area contributed by atoms with Gasteiger partial charge in [-0.2, -0.15) is 18.3 Å². The second kappa shape index (κ2) is 6.62. The van der Waals surface area contributed by atoms with Gasteiger partial charge in [0.15, 0.2) is 0 Å². The molecule has 6 nitrogen and oxygen atoms in total. The number of nitrogens with one attached hydrogen (secondary N) is 2. The summed E-state index contributed by atoms with van der Waals surface area (Å²) in [5, 5.41) is 9.42. The number of anilines is 1. The van der Waals surface area contributed by atoms with E-state index in [9.17, 15) is 18.0 Å². The molecule has 1 aromatic heterocycles. The number of morpholine rings is 1. The molecule has 9 heteroatoms. The van der Waals surface area contributed by atoms with Crippen LogP contribution in [0.4, 0.5) is 18.9 Å². The third-order valence-corrected chi connectivity index (χ3v) is 3.53. The molecule has 2 N–H and O–H groups in total. The van der Waals surface area contributed by atoms with Gasteiger partial charge in [-0.05, 0) is 30.3 Å². The lowest BCUT2D eigenvalue weighted by atomic mass is 10.2. The average Bonchev–Trinajstić information content (AvgIpc) is 3.06. The van der Waals surface area contributed by atoms with Crippen LogP contribution < -0.4 is 10.6 Å². The van der Waals surface area contributed by atoms with E-state index in [0.29, 0.717) is 25.4 Å². The molecule has 3 rings (SSSR count). The molecule has 1 atom stereocenters. The topological polar surface area (TPSA) is 68.2 Å². The number of alkyl halides is 3. The van der Waals surface area contributed by atoms with E-state index >= 15 is 0 Å². The largest absolute Gasteiger partial charge is 0.433 e. The third kappa shape index (κ3) is 3.57. The summed E-state index contributed by atoms with van der Waals surface area (Å²) in [5.74, 6) is -0.301. The maximum atomic E-state index is 12.9. The summed E-state index contributed by atoms with van der Waals surface area (Å²) in [7, 11) is 0. The number of amides is 1. The van der Waals surface area contributed by atoms with Gasteiger partial charge in [0.1, 0.15) is 11.8 Å². The highest BCUT2D eigenvalue weighted by Gasteiger charge is 2.35. The number of rotatable bonds is 3. The summed E-state index contributed by atoms with van der Waals surface area (Å²) in [6.45, 7) is 1.58. The molecule has 0 radical (unpaired) electrons. The Morgan fingerprint density at radius 1 is 1.29 bits per heavy atom. The highest BCUT2D eigenvalue weighted by Crippen LogP contribution is 2.30. The van der Waals surface area contributed by atoms with E-state index in [1.165, 1.54) is 24.3 Å². The van der Waals surface area contributed by atoms with Crippen molar-refractivity contribution in [3.05, 3.63) is 42.2 Å². The van der Waals surface area contributed by atoms with Crippen molar-refractivity contribution >= 4 is 11.6 Å². The lowest BCUT2D eigenvalue weighted by Crippen LogP contribution is -2.45. The smallest absolute Gasteiger partial charge is 0.366 e. The number of aromatic nitrogens is 2. The van der Waals surface area contributed by atoms with Crippen LogP contribution in [0.5, 0.6) is 0 Å². The van der Waals surface area contributed by atoms with E-state index in [-0.39, 0.29) is 11.6 Å². The Hall–Kier alpha value is -2.39. The molecule has 128 valence electrons. The molecule has 0 bridgehead atoms. The Kier molecular flexibility index (Phi) is 4.54. The van der Waals surface area contributed by atoms with Gasteiger partial charge >= 0.3 is 6.18 Å². The number of hydrogen-bond acceptors (Lipinski definition) is 4. The molecule has 1 aliphatic heterocycles. The second-order valence-electron chi connectivity index (χ2n) is 5.23. The quantitative estimate of drug-likeness (QED) is 0.894. The van der Waals surface area contributed by atoms with Crippen molar-refractivity contribution in [2.24, 2.45) is 0 Å². The first-order valence-electron chi connectivity index (χ1n) is 7.30. The Balaban J connectivity index is 1.72. The van der Waals surface area contributed by atoms with Gasteiger partial charge in [0.05, 0.1) is 18.5 Å². The van der Waals surface area contributed by atoms with E-state index < -0.39 is 18.0 Å². The fourth-order valence-corrected chi connectivity index (χ4v) is 2.37. The molecular weight excluding hydrogens is 325 g/mol. The summed E-state index contributed by atoms with van der Waals surface area (Å²) in [5.41, 5.74) is -0.138. The Morgan fingerprint density at radius 3 is 2.67 bits per heavy atom. The van der Waals surface area contributed by atoms with Crippen LogP contribution in [-0.2, 0) is 15.7 Å². The zero-order valence-corrected chi connectivity index (χ0v) is 12.5. The normalized spacial score (nSPS) is 18.4. The molecule has 1 aromatic carbocycles. The van der Waals surface area contributed by atoms with E-state index in [1.807, 2.05) is 0 Å². The van der Waals surface area contributed by atoms with Crippen LogP contribution in [0, 0.1) is 0 Å². The third-order valence-electron chi connectivity index (χ3n) is 3.53. The molecule has 0 unspecified atom stereocenters.